The van der Waals surface area contributed by atoms with Gasteiger partial charge < -0.3 is 4.74 Å². The first kappa shape index (κ1) is 22.4. The highest BCUT2D eigenvalue weighted by Gasteiger charge is 2.26. The zero-order valence-corrected chi connectivity index (χ0v) is 18.6. The fourth-order valence-electron chi connectivity index (χ4n) is 3.42. The third-order valence-electron chi connectivity index (χ3n) is 4.77. The van der Waals surface area contributed by atoms with Gasteiger partial charge in [-0.2, -0.15) is 0 Å². The van der Waals surface area contributed by atoms with E-state index in [2.05, 4.69) is 4.72 Å². The van der Waals surface area contributed by atoms with Crippen molar-refractivity contribution in [1.82, 2.24) is 9.36 Å². The summed E-state index contributed by atoms with van der Waals surface area (Å²) >= 11 is 0. The SMILES string of the molecule is CCOC(=O)c1ccc(S(=O)(=O)Nc2c(C(C)C)n(C)n(-c3ccccc3)c2=O)cc1. The fourth-order valence-corrected chi connectivity index (χ4v) is 4.49. The Hall–Kier alpha value is -3.33. The number of nitrogens with zero attached hydrogens (tertiary/aromatic N) is 2. The van der Waals surface area contributed by atoms with Crippen LogP contribution >= 0.6 is 0 Å². The van der Waals surface area contributed by atoms with E-state index in [4.69, 9.17) is 4.74 Å². The number of para-hydroxylation sites is 1. The summed E-state index contributed by atoms with van der Waals surface area (Å²) < 4.78 is 36.5. The summed E-state index contributed by atoms with van der Waals surface area (Å²) in [5.74, 6) is -0.651. The van der Waals surface area contributed by atoms with Crippen molar-refractivity contribution < 1.29 is 17.9 Å². The van der Waals surface area contributed by atoms with E-state index in [1.165, 1.54) is 28.9 Å². The molecule has 31 heavy (non-hydrogen) atoms. The molecule has 1 aromatic heterocycles. The number of esters is 1. The number of carbonyl (C=O) groups excluding carboxylic acids is 1. The third kappa shape index (κ3) is 4.41. The number of carbonyl (C=O) groups is 1. The molecule has 3 aromatic rings. The smallest absolute Gasteiger partial charge is 0.338 e. The van der Waals surface area contributed by atoms with Crippen molar-refractivity contribution in [1.29, 1.82) is 0 Å². The lowest BCUT2D eigenvalue weighted by atomic mass is 10.1. The molecule has 0 saturated heterocycles. The molecule has 0 amide bonds. The summed E-state index contributed by atoms with van der Waals surface area (Å²) in [7, 11) is -2.34. The van der Waals surface area contributed by atoms with Crippen molar-refractivity contribution in [3.05, 3.63) is 76.2 Å². The van der Waals surface area contributed by atoms with Gasteiger partial charge in [-0.1, -0.05) is 32.0 Å². The van der Waals surface area contributed by atoms with E-state index in [1.807, 2.05) is 19.9 Å². The van der Waals surface area contributed by atoms with E-state index in [9.17, 15) is 18.0 Å². The Kier molecular flexibility index (Phi) is 6.35. The Morgan fingerprint density at radius 1 is 1.06 bits per heavy atom. The minimum atomic E-state index is -4.06. The quantitative estimate of drug-likeness (QED) is 0.565. The predicted octanol–water partition coefficient (Wildman–Crippen LogP) is 3.28. The van der Waals surface area contributed by atoms with Crippen LogP contribution in [0.25, 0.3) is 5.69 Å². The average molecular weight is 444 g/mol. The van der Waals surface area contributed by atoms with Crippen LogP contribution in [0, 0.1) is 0 Å². The monoisotopic (exact) mass is 443 g/mol. The number of nitrogens with one attached hydrogen (secondary N) is 1. The Balaban J connectivity index is 2.04. The maximum atomic E-state index is 13.2. The maximum Gasteiger partial charge on any atom is 0.338 e. The molecule has 0 unspecified atom stereocenters. The summed E-state index contributed by atoms with van der Waals surface area (Å²) in [6.07, 6.45) is 0. The highest BCUT2D eigenvalue weighted by Crippen LogP contribution is 2.25. The highest BCUT2D eigenvalue weighted by atomic mass is 32.2. The van der Waals surface area contributed by atoms with Crippen LogP contribution in [0.1, 0.15) is 42.7 Å². The first-order chi connectivity index (χ1) is 14.7. The van der Waals surface area contributed by atoms with Crippen LogP contribution in [0.15, 0.2) is 64.3 Å². The lowest BCUT2D eigenvalue weighted by Crippen LogP contribution is -2.23. The van der Waals surface area contributed by atoms with E-state index in [1.54, 1.807) is 42.9 Å². The van der Waals surface area contributed by atoms with Crippen LogP contribution in [-0.4, -0.2) is 30.4 Å². The Labute approximate surface area is 181 Å². The van der Waals surface area contributed by atoms with Crippen molar-refractivity contribution in [2.75, 3.05) is 11.3 Å². The van der Waals surface area contributed by atoms with Crippen LogP contribution in [0.3, 0.4) is 0 Å². The predicted molar refractivity (Wildman–Crippen MR) is 118 cm³/mol. The molecule has 9 heteroatoms. The summed E-state index contributed by atoms with van der Waals surface area (Å²) in [6.45, 7) is 5.68. The Morgan fingerprint density at radius 3 is 2.23 bits per heavy atom. The molecular weight excluding hydrogens is 418 g/mol. The van der Waals surface area contributed by atoms with E-state index < -0.39 is 21.6 Å². The van der Waals surface area contributed by atoms with Crippen molar-refractivity contribution in [3.63, 3.8) is 0 Å². The molecule has 2 aromatic carbocycles. The lowest BCUT2D eigenvalue weighted by molar-refractivity contribution is 0.0526. The molecule has 0 aliphatic rings. The van der Waals surface area contributed by atoms with Gasteiger partial charge in [0.15, 0.2) is 0 Å². The molecule has 1 heterocycles. The Morgan fingerprint density at radius 2 is 1.68 bits per heavy atom. The van der Waals surface area contributed by atoms with E-state index in [-0.39, 0.29) is 28.7 Å². The van der Waals surface area contributed by atoms with Gasteiger partial charge in [0.05, 0.1) is 28.4 Å². The summed E-state index contributed by atoms with van der Waals surface area (Å²) in [6, 6.07) is 14.4. The molecule has 0 spiro atoms. The van der Waals surface area contributed by atoms with Crippen molar-refractivity contribution in [2.24, 2.45) is 7.05 Å². The molecule has 0 aliphatic heterocycles. The number of anilines is 1. The molecule has 3 rings (SSSR count). The van der Waals surface area contributed by atoms with Crippen LogP contribution < -0.4 is 10.3 Å². The number of aromatic nitrogens is 2. The van der Waals surface area contributed by atoms with Crippen LogP contribution in [0.5, 0.6) is 0 Å². The first-order valence-electron chi connectivity index (χ1n) is 9.84. The minimum absolute atomic E-state index is 0.00387. The number of benzene rings is 2. The number of hydrogen-bond acceptors (Lipinski definition) is 5. The zero-order chi connectivity index (χ0) is 22.8. The van der Waals surface area contributed by atoms with Gasteiger partial charge >= 0.3 is 5.97 Å². The topological polar surface area (TPSA) is 99.4 Å². The standard InChI is InChI=1S/C22H25N3O5S/c1-5-30-22(27)16-11-13-18(14-12-16)31(28,29)23-19-20(15(2)3)24(4)25(21(19)26)17-9-7-6-8-10-17/h6-15,23H,5H2,1-4H3. The first-order valence-corrected chi connectivity index (χ1v) is 11.3. The molecule has 0 bridgehead atoms. The molecule has 164 valence electrons. The number of hydrogen-bond donors (Lipinski definition) is 1. The van der Waals surface area contributed by atoms with Gasteiger partial charge in [-0.25, -0.2) is 17.9 Å². The largest absolute Gasteiger partial charge is 0.462 e. The van der Waals surface area contributed by atoms with Gasteiger partial charge in [0.1, 0.15) is 5.69 Å². The number of ether oxygens (including phenoxy) is 1. The van der Waals surface area contributed by atoms with Crippen molar-refractivity contribution in [3.8, 4) is 5.69 Å². The highest BCUT2D eigenvalue weighted by molar-refractivity contribution is 7.92. The van der Waals surface area contributed by atoms with E-state index >= 15 is 0 Å². The van der Waals surface area contributed by atoms with Crippen LogP contribution in [0.2, 0.25) is 0 Å². The van der Waals surface area contributed by atoms with Crippen LogP contribution in [-0.2, 0) is 21.8 Å². The van der Waals surface area contributed by atoms with Gasteiger partial charge in [0, 0.05) is 7.05 Å². The minimum Gasteiger partial charge on any atom is -0.462 e. The van der Waals surface area contributed by atoms with Gasteiger partial charge in [-0.15, -0.1) is 0 Å². The molecule has 8 nitrogen and oxygen atoms in total. The zero-order valence-electron chi connectivity index (χ0n) is 17.8. The Bertz CT molecular complexity index is 1240. The van der Waals surface area contributed by atoms with E-state index in [0.29, 0.717) is 11.4 Å². The molecule has 0 atom stereocenters. The maximum absolute atomic E-state index is 13.2. The van der Waals surface area contributed by atoms with Gasteiger partial charge in [0.25, 0.3) is 15.6 Å². The summed E-state index contributed by atoms with van der Waals surface area (Å²) in [5, 5.41) is 0. The van der Waals surface area contributed by atoms with Crippen molar-refractivity contribution >= 4 is 21.7 Å². The molecule has 0 radical (unpaired) electrons. The van der Waals surface area contributed by atoms with Gasteiger partial charge in [0.2, 0.25) is 0 Å². The molecule has 0 saturated carbocycles. The molecule has 0 fully saturated rings. The van der Waals surface area contributed by atoms with E-state index in [0.717, 1.165) is 0 Å². The second-order valence-electron chi connectivity index (χ2n) is 7.24. The third-order valence-corrected chi connectivity index (χ3v) is 6.14. The van der Waals surface area contributed by atoms with Gasteiger partial charge in [-0.3, -0.25) is 14.2 Å². The summed E-state index contributed by atoms with van der Waals surface area (Å²) in [5.41, 5.74) is 0.955. The molecule has 0 aliphatic carbocycles. The van der Waals surface area contributed by atoms with Gasteiger partial charge in [-0.05, 0) is 49.2 Å². The average Bonchev–Trinajstić information content (AvgIpc) is 2.98. The second kappa shape index (κ2) is 8.81. The number of rotatable bonds is 7. The van der Waals surface area contributed by atoms with Crippen molar-refractivity contribution in [2.45, 2.75) is 31.6 Å². The normalized spacial score (nSPS) is 11.5. The summed E-state index contributed by atoms with van der Waals surface area (Å²) in [4.78, 5) is 24.9. The van der Waals surface area contributed by atoms with Crippen LogP contribution in [0.4, 0.5) is 5.69 Å². The number of sulfonamides is 1. The molecular formula is C22H25N3O5S. The second-order valence-corrected chi connectivity index (χ2v) is 8.92. The molecule has 1 N–H and O–H groups in total. The fraction of sp³-hybridized carbons (Fsp3) is 0.273. The lowest BCUT2D eigenvalue weighted by Gasteiger charge is -2.13.